The number of halogens is 1. The molecule has 1 unspecified atom stereocenters. The molecule has 1 aromatic carbocycles. The molecule has 154 valence electrons. The van der Waals surface area contributed by atoms with Crippen LogP contribution < -0.4 is 10.6 Å². The fraction of sp³-hybridized carbons (Fsp3) is 0.500. The van der Waals surface area contributed by atoms with Gasteiger partial charge in [0, 0.05) is 37.2 Å². The lowest BCUT2D eigenvalue weighted by Gasteiger charge is -2.12. The fourth-order valence-corrected chi connectivity index (χ4v) is 3.59. The first-order chi connectivity index (χ1) is 13.3. The molecule has 28 heavy (non-hydrogen) atoms. The topological polar surface area (TPSA) is 67.8 Å². The molecule has 2 aromatic rings. The SMILES string of the molecule is CCNC(=NCc1csc(-c2ccccc2)n1)NCCCOC1CCOC1.I. The van der Waals surface area contributed by atoms with Crippen molar-refractivity contribution in [1.82, 2.24) is 15.6 Å². The number of hydrogen-bond acceptors (Lipinski definition) is 5. The van der Waals surface area contributed by atoms with Crippen molar-refractivity contribution in [3.8, 4) is 10.6 Å². The number of hydrogen-bond donors (Lipinski definition) is 2. The van der Waals surface area contributed by atoms with Gasteiger partial charge in [-0.25, -0.2) is 9.98 Å². The maximum absolute atomic E-state index is 5.78. The van der Waals surface area contributed by atoms with Crippen molar-refractivity contribution >= 4 is 41.3 Å². The second kappa shape index (κ2) is 13.1. The highest BCUT2D eigenvalue weighted by Crippen LogP contribution is 2.23. The van der Waals surface area contributed by atoms with Crippen LogP contribution in [0.2, 0.25) is 0 Å². The highest BCUT2D eigenvalue weighted by atomic mass is 127. The number of rotatable bonds is 9. The summed E-state index contributed by atoms with van der Waals surface area (Å²) in [6.07, 6.45) is 2.22. The van der Waals surface area contributed by atoms with Gasteiger partial charge >= 0.3 is 0 Å². The third-order valence-corrected chi connectivity index (χ3v) is 5.11. The summed E-state index contributed by atoms with van der Waals surface area (Å²) in [5.74, 6) is 0.816. The second-order valence-corrected chi connectivity index (χ2v) is 7.20. The molecule has 0 aliphatic carbocycles. The summed E-state index contributed by atoms with van der Waals surface area (Å²) in [5.41, 5.74) is 2.14. The summed E-state index contributed by atoms with van der Waals surface area (Å²) in [4.78, 5) is 9.33. The third-order valence-electron chi connectivity index (χ3n) is 4.17. The number of nitrogens with one attached hydrogen (secondary N) is 2. The van der Waals surface area contributed by atoms with E-state index >= 15 is 0 Å². The largest absolute Gasteiger partial charge is 0.379 e. The predicted octanol–water partition coefficient (Wildman–Crippen LogP) is 3.68. The summed E-state index contributed by atoms with van der Waals surface area (Å²) < 4.78 is 11.1. The Morgan fingerprint density at radius 3 is 2.93 bits per heavy atom. The Balaban J connectivity index is 0.00000280. The lowest BCUT2D eigenvalue weighted by molar-refractivity contribution is 0.0420. The summed E-state index contributed by atoms with van der Waals surface area (Å²) in [5, 5.41) is 9.75. The van der Waals surface area contributed by atoms with Gasteiger partial charge in [0.2, 0.25) is 0 Å². The molecule has 1 atom stereocenters. The van der Waals surface area contributed by atoms with E-state index in [1.807, 2.05) is 18.2 Å². The monoisotopic (exact) mass is 516 g/mol. The van der Waals surface area contributed by atoms with Gasteiger partial charge < -0.3 is 20.1 Å². The average molecular weight is 516 g/mol. The first kappa shape index (κ1) is 23.1. The molecule has 8 heteroatoms. The van der Waals surface area contributed by atoms with Crippen molar-refractivity contribution in [2.24, 2.45) is 4.99 Å². The average Bonchev–Trinajstić information content (AvgIpc) is 3.38. The van der Waals surface area contributed by atoms with E-state index in [1.165, 1.54) is 0 Å². The van der Waals surface area contributed by atoms with Crippen molar-refractivity contribution in [2.75, 3.05) is 32.9 Å². The molecule has 1 aromatic heterocycles. The van der Waals surface area contributed by atoms with Gasteiger partial charge in [-0.2, -0.15) is 0 Å². The molecular weight excluding hydrogens is 487 g/mol. The van der Waals surface area contributed by atoms with Crippen molar-refractivity contribution < 1.29 is 9.47 Å². The van der Waals surface area contributed by atoms with Gasteiger partial charge in [0.15, 0.2) is 5.96 Å². The minimum atomic E-state index is 0. The Morgan fingerprint density at radius 1 is 1.32 bits per heavy atom. The molecule has 2 heterocycles. The Bertz CT molecular complexity index is 705. The van der Waals surface area contributed by atoms with Gasteiger partial charge in [0.05, 0.1) is 24.9 Å². The van der Waals surface area contributed by atoms with Crippen LogP contribution >= 0.6 is 35.3 Å². The first-order valence-corrected chi connectivity index (χ1v) is 10.4. The molecule has 1 saturated heterocycles. The van der Waals surface area contributed by atoms with Crippen molar-refractivity contribution in [3.05, 3.63) is 41.4 Å². The number of thiazole rings is 1. The smallest absolute Gasteiger partial charge is 0.191 e. The third kappa shape index (κ3) is 7.65. The molecule has 3 rings (SSSR count). The first-order valence-electron chi connectivity index (χ1n) is 9.56. The molecule has 0 spiro atoms. The molecule has 0 radical (unpaired) electrons. The van der Waals surface area contributed by atoms with Crippen molar-refractivity contribution in [1.29, 1.82) is 0 Å². The predicted molar refractivity (Wildman–Crippen MR) is 126 cm³/mol. The Morgan fingerprint density at radius 2 is 2.18 bits per heavy atom. The van der Waals surface area contributed by atoms with Crippen LogP contribution in [0.5, 0.6) is 0 Å². The van der Waals surface area contributed by atoms with E-state index in [1.54, 1.807) is 11.3 Å². The van der Waals surface area contributed by atoms with E-state index < -0.39 is 0 Å². The highest BCUT2D eigenvalue weighted by Gasteiger charge is 2.15. The van der Waals surface area contributed by atoms with Crippen LogP contribution in [0, 0.1) is 0 Å². The number of guanidine groups is 1. The molecule has 1 aliphatic heterocycles. The summed E-state index contributed by atoms with van der Waals surface area (Å²) in [6.45, 7) is 6.58. The molecule has 0 bridgehead atoms. The minimum Gasteiger partial charge on any atom is -0.379 e. The Kier molecular flexibility index (Phi) is 10.8. The number of aliphatic imine (C=N–C) groups is 1. The van der Waals surface area contributed by atoms with Gasteiger partial charge in [-0.05, 0) is 19.8 Å². The van der Waals surface area contributed by atoms with E-state index in [0.717, 1.165) is 68.0 Å². The van der Waals surface area contributed by atoms with Crippen LogP contribution in [0.15, 0.2) is 40.7 Å². The number of benzene rings is 1. The van der Waals surface area contributed by atoms with E-state index in [4.69, 9.17) is 14.5 Å². The van der Waals surface area contributed by atoms with Crippen LogP contribution in [-0.4, -0.2) is 50.0 Å². The quantitative estimate of drug-likeness (QED) is 0.231. The zero-order valence-corrected chi connectivity index (χ0v) is 19.4. The molecule has 2 N–H and O–H groups in total. The highest BCUT2D eigenvalue weighted by molar-refractivity contribution is 14.0. The van der Waals surface area contributed by atoms with Gasteiger partial charge in [0.1, 0.15) is 5.01 Å². The molecule has 6 nitrogen and oxygen atoms in total. The van der Waals surface area contributed by atoms with Gasteiger partial charge in [-0.3, -0.25) is 0 Å². The van der Waals surface area contributed by atoms with Gasteiger partial charge in [0.25, 0.3) is 0 Å². The standard InChI is InChI=1S/C20H28N4O2S.HI/c1-2-21-20(22-10-6-11-26-18-9-12-25-14-18)23-13-17-15-27-19(24-17)16-7-4-3-5-8-16;/h3-5,7-8,15,18H,2,6,9-14H2,1H3,(H2,21,22,23);1H. The summed E-state index contributed by atoms with van der Waals surface area (Å²) in [7, 11) is 0. The zero-order valence-electron chi connectivity index (χ0n) is 16.2. The van der Waals surface area contributed by atoms with Crippen LogP contribution in [-0.2, 0) is 16.0 Å². The molecular formula is C20H29IN4O2S. The normalized spacial score (nSPS) is 16.6. The van der Waals surface area contributed by atoms with Gasteiger partial charge in [-0.15, -0.1) is 35.3 Å². The van der Waals surface area contributed by atoms with Crippen molar-refractivity contribution in [2.45, 2.75) is 32.4 Å². The maximum atomic E-state index is 5.78. The Hall–Kier alpha value is -1.23. The van der Waals surface area contributed by atoms with Crippen molar-refractivity contribution in [3.63, 3.8) is 0 Å². The lowest BCUT2D eigenvalue weighted by atomic mass is 10.2. The molecule has 1 fully saturated rings. The number of nitrogens with zero attached hydrogens (tertiary/aromatic N) is 2. The second-order valence-electron chi connectivity index (χ2n) is 6.34. The van der Waals surface area contributed by atoms with E-state index in [9.17, 15) is 0 Å². The van der Waals surface area contributed by atoms with Gasteiger partial charge in [-0.1, -0.05) is 30.3 Å². The molecule has 0 amide bonds. The lowest BCUT2D eigenvalue weighted by Crippen LogP contribution is -2.38. The van der Waals surface area contributed by atoms with Crippen LogP contribution in [0.25, 0.3) is 10.6 Å². The summed E-state index contributed by atoms with van der Waals surface area (Å²) in [6, 6.07) is 10.2. The van der Waals surface area contributed by atoms with E-state index in [0.29, 0.717) is 6.54 Å². The van der Waals surface area contributed by atoms with Crippen LogP contribution in [0.1, 0.15) is 25.5 Å². The molecule has 0 saturated carbocycles. The zero-order chi connectivity index (χ0) is 18.7. The fourth-order valence-electron chi connectivity index (χ4n) is 2.77. The summed E-state index contributed by atoms with van der Waals surface area (Å²) >= 11 is 1.66. The van der Waals surface area contributed by atoms with E-state index in [2.05, 4.69) is 40.1 Å². The number of aromatic nitrogens is 1. The maximum Gasteiger partial charge on any atom is 0.191 e. The minimum absolute atomic E-state index is 0. The van der Waals surface area contributed by atoms with Crippen LogP contribution in [0.4, 0.5) is 0 Å². The number of ether oxygens (including phenoxy) is 2. The van der Waals surface area contributed by atoms with E-state index in [-0.39, 0.29) is 30.1 Å². The Labute approximate surface area is 188 Å². The van der Waals surface area contributed by atoms with Crippen LogP contribution in [0.3, 0.4) is 0 Å². The molecule has 1 aliphatic rings.